The fourth-order valence-corrected chi connectivity index (χ4v) is 2.72. The Balaban J connectivity index is 1.99. The van der Waals surface area contributed by atoms with Crippen LogP contribution < -0.4 is 5.32 Å². The predicted molar refractivity (Wildman–Crippen MR) is 79.2 cm³/mol. The van der Waals surface area contributed by atoms with Crippen molar-refractivity contribution in [3.63, 3.8) is 0 Å². The van der Waals surface area contributed by atoms with Gasteiger partial charge in [0, 0.05) is 24.8 Å². The van der Waals surface area contributed by atoms with Crippen LogP contribution in [-0.4, -0.2) is 34.5 Å². The van der Waals surface area contributed by atoms with Gasteiger partial charge < -0.3 is 5.32 Å². The summed E-state index contributed by atoms with van der Waals surface area (Å²) in [6.07, 6.45) is 1.31. The van der Waals surface area contributed by atoms with Crippen molar-refractivity contribution in [2.24, 2.45) is 11.8 Å². The number of aryl methyl sites for hydroxylation is 1. The SMILES string of the molecule is CCNc1cc(C)nc(CN2CCC(C(C)C)C2)n1. The van der Waals surface area contributed by atoms with Crippen LogP contribution in [0.15, 0.2) is 6.07 Å². The van der Waals surface area contributed by atoms with Crippen LogP contribution in [0, 0.1) is 18.8 Å². The van der Waals surface area contributed by atoms with Gasteiger partial charge in [-0.3, -0.25) is 4.90 Å². The standard InChI is InChI=1S/C15H26N4/c1-5-16-14-8-12(4)17-15(18-14)10-19-7-6-13(9-19)11(2)3/h8,11,13H,5-7,9-10H2,1-4H3,(H,16,17,18). The summed E-state index contributed by atoms with van der Waals surface area (Å²) < 4.78 is 0. The fourth-order valence-electron chi connectivity index (χ4n) is 2.72. The number of hydrogen-bond acceptors (Lipinski definition) is 4. The quantitative estimate of drug-likeness (QED) is 0.886. The largest absolute Gasteiger partial charge is 0.370 e. The summed E-state index contributed by atoms with van der Waals surface area (Å²) in [5, 5.41) is 3.27. The van der Waals surface area contributed by atoms with Crippen molar-refractivity contribution in [2.75, 3.05) is 25.0 Å². The zero-order valence-electron chi connectivity index (χ0n) is 12.6. The van der Waals surface area contributed by atoms with E-state index < -0.39 is 0 Å². The van der Waals surface area contributed by atoms with Gasteiger partial charge in [-0.2, -0.15) is 0 Å². The zero-order chi connectivity index (χ0) is 13.8. The summed E-state index contributed by atoms with van der Waals surface area (Å²) in [6, 6.07) is 2.01. The number of rotatable bonds is 5. The first-order chi connectivity index (χ1) is 9.08. The Bertz CT molecular complexity index is 417. The minimum absolute atomic E-state index is 0.778. The Hall–Kier alpha value is -1.16. The van der Waals surface area contributed by atoms with Crippen LogP contribution in [0.5, 0.6) is 0 Å². The average molecular weight is 262 g/mol. The number of nitrogens with zero attached hydrogens (tertiary/aromatic N) is 3. The number of nitrogens with one attached hydrogen (secondary N) is 1. The first-order valence-corrected chi connectivity index (χ1v) is 7.39. The van der Waals surface area contributed by atoms with E-state index in [9.17, 15) is 0 Å². The van der Waals surface area contributed by atoms with Crippen molar-refractivity contribution in [1.82, 2.24) is 14.9 Å². The molecule has 0 aromatic carbocycles. The van der Waals surface area contributed by atoms with Gasteiger partial charge in [0.1, 0.15) is 11.6 Å². The second-order valence-electron chi connectivity index (χ2n) is 5.87. The maximum atomic E-state index is 4.59. The highest BCUT2D eigenvalue weighted by Crippen LogP contribution is 2.24. The Morgan fingerprint density at radius 2 is 2.21 bits per heavy atom. The molecule has 4 nitrogen and oxygen atoms in total. The molecule has 1 aliphatic heterocycles. The maximum Gasteiger partial charge on any atom is 0.144 e. The second-order valence-corrected chi connectivity index (χ2v) is 5.87. The molecule has 19 heavy (non-hydrogen) atoms. The molecule has 1 unspecified atom stereocenters. The number of anilines is 1. The van der Waals surface area contributed by atoms with Crippen LogP contribution in [-0.2, 0) is 6.54 Å². The van der Waals surface area contributed by atoms with Crippen LogP contribution in [0.4, 0.5) is 5.82 Å². The molecule has 106 valence electrons. The molecule has 0 spiro atoms. The minimum Gasteiger partial charge on any atom is -0.370 e. The Kier molecular flexibility index (Phi) is 4.75. The lowest BCUT2D eigenvalue weighted by Crippen LogP contribution is -2.23. The topological polar surface area (TPSA) is 41.1 Å². The number of likely N-dealkylation sites (tertiary alicyclic amines) is 1. The number of hydrogen-bond donors (Lipinski definition) is 1. The lowest BCUT2D eigenvalue weighted by atomic mass is 9.95. The van der Waals surface area contributed by atoms with Crippen LogP contribution in [0.1, 0.15) is 38.7 Å². The summed E-state index contributed by atoms with van der Waals surface area (Å²) in [5.74, 6) is 3.50. The first kappa shape index (κ1) is 14.3. The Morgan fingerprint density at radius 3 is 2.84 bits per heavy atom. The lowest BCUT2D eigenvalue weighted by molar-refractivity contribution is 0.290. The molecule has 1 aliphatic rings. The third-order valence-electron chi connectivity index (χ3n) is 3.88. The molecule has 4 heteroatoms. The highest BCUT2D eigenvalue weighted by molar-refractivity contribution is 5.35. The van der Waals surface area contributed by atoms with Gasteiger partial charge in [-0.05, 0) is 38.6 Å². The van der Waals surface area contributed by atoms with E-state index in [0.717, 1.165) is 42.3 Å². The zero-order valence-corrected chi connectivity index (χ0v) is 12.6. The summed E-state index contributed by atoms with van der Waals surface area (Å²) in [5.41, 5.74) is 1.04. The van der Waals surface area contributed by atoms with Crippen molar-refractivity contribution in [2.45, 2.75) is 40.7 Å². The molecule has 0 aliphatic carbocycles. The van der Waals surface area contributed by atoms with E-state index >= 15 is 0 Å². The van der Waals surface area contributed by atoms with Gasteiger partial charge in [-0.1, -0.05) is 13.8 Å². The van der Waals surface area contributed by atoms with Gasteiger partial charge in [0.15, 0.2) is 0 Å². The van der Waals surface area contributed by atoms with Gasteiger partial charge in [-0.15, -0.1) is 0 Å². The van der Waals surface area contributed by atoms with E-state index in [-0.39, 0.29) is 0 Å². The van der Waals surface area contributed by atoms with Crippen LogP contribution in [0.2, 0.25) is 0 Å². The highest BCUT2D eigenvalue weighted by atomic mass is 15.2. The van der Waals surface area contributed by atoms with Crippen LogP contribution in [0.3, 0.4) is 0 Å². The Labute approximate surface area is 116 Å². The van der Waals surface area contributed by atoms with Crippen molar-refractivity contribution in [3.05, 3.63) is 17.6 Å². The van der Waals surface area contributed by atoms with E-state index in [1.165, 1.54) is 19.5 Å². The molecular formula is C15H26N4. The van der Waals surface area contributed by atoms with Gasteiger partial charge in [-0.25, -0.2) is 9.97 Å². The highest BCUT2D eigenvalue weighted by Gasteiger charge is 2.25. The van der Waals surface area contributed by atoms with E-state index in [4.69, 9.17) is 0 Å². The van der Waals surface area contributed by atoms with Crippen molar-refractivity contribution in [3.8, 4) is 0 Å². The molecule has 2 rings (SSSR count). The van der Waals surface area contributed by atoms with Crippen molar-refractivity contribution >= 4 is 5.82 Å². The van der Waals surface area contributed by atoms with Crippen LogP contribution in [0.25, 0.3) is 0 Å². The van der Waals surface area contributed by atoms with Gasteiger partial charge in [0.2, 0.25) is 0 Å². The Morgan fingerprint density at radius 1 is 1.42 bits per heavy atom. The van der Waals surface area contributed by atoms with Gasteiger partial charge in [0.05, 0.1) is 6.54 Å². The normalized spacial score (nSPS) is 20.2. The molecule has 1 fully saturated rings. The monoisotopic (exact) mass is 262 g/mol. The average Bonchev–Trinajstić information content (AvgIpc) is 2.77. The third kappa shape index (κ3) is 3.90. The van der Waals surface area contributed by atoms with E-state index in [1.54, 1.807) is 0 Å². The van der Waals surface area contributed by atoms with Crippen LogP contribution >= 0.6 is 0 Å². The first-order valence-electron chi connectivity index (χ1n) is 7.39. The molecule has 1 aromatic rings. The van der Waals surface area contributed by atoms with Gasteiger partial charge in [0.25, 0.3) is 0 Å². The molecule has 1 saturated heterocycles. The number of aromatic nitrogens is 2. The van der Waals surface area contributed by atoms with Gasteiger partial charge >= 0.3 is 0 Å². The molecule has 1 aromatic heterocycles. The fraction of sp³-hybridized carbons (Fsp3) is 0.733. The summed E-state index contributed by atoms with van der Waals surface area (Å²) in [6.45, 7) is 12.9. The smallest absolute Gasteiger partial charge is 0.144 e. The lowest BCUT2D eigenvalue weighted by Gasteiger charge is -2.17. The molecule has 2 heterocycles. The molecule has 0 bridgehead atoms. The predicted octanol–water partition coefficient (Wildman–Crippen LogP) is 2.69. The van der Waals surface area contributed by atoms with Crippen molar-refractivity contribution in [1.29, 1.82) is 0 Å². The second kappa shape index (κ2) is 6.33. The maximum absolute atomic E-state index is 4.59. The van der Waals surface area contributed by atoms with E-state index in [0.29, 0.717) is 0 Å². The molecule has 0 amide bonds. The van der Waals surface area contributed by atoms with E-state index in [1.807, 2.05) is 13.0 Å². The summed E-state index contributed by atoms with van der Waals surface area (Å²) >= 11 is 0. The molecule has 1 N–H and O–H groups in total. The van der Waals surface area contributed by atoms with Crippen molar-refractivity contribution < 1.29 is 0 Å². The van der Waals surface area contributed by atoms with E-state index in [2.05, 4.69) is 41.0 Å². The summed E-state index contributed by atoms with van der Waals surface area (Å²) in [7, 11) is 0. The minimum atomic E-state index is 0.778. The molecule has 1 atom stereocenters. The third-order valence-corrected chi connectivity index (χ3v) is 3.88. The molecule has 0 saturated carbocycles. The molecular weight excluding hydrogens is 236 g/mol. The molecule has 0 radical (unpaired) electrons. The summed E-state index contributed by atoms with van der Waals surface area (Å²) in [4.78, 5) is 11.6.